The first-order valence-corrected chi connectivity index (χ1v) is 5.86. The first-order chi connectivity index (χ1) is 7.95. The van der Waals surface area contributed by atoms with Crippen LogP contribution >= 0.6 is 0 Å². The van der Waals surface area contributed by atoms with Crippen molar-refractivity contribution in [1.29, 1.82) is 0 Å². The minimum atomic E-state index is -0.0203. The fourth-order valence-corrected chi connectivity index (χ4v) is 1.70. The van der Waals surface area contributed by atoms with Gasteiger partial charge in [0.25, 0.3) is 0 Å². The zero-order valence-electron chi connectivity index (χ0n) is 9.43. The SMILES string of the molecule is c1ccc(OCCOC2CCCCO2)cc1. The van der Waals surface area contributed by atoms with Gasteiger partial charge in [0.05, 0.1) is 6.61 Å². The molecule has 88 valence electrons. The number of para-hydroxylation sites is 1. The van der Waals surface area contributed by atoms with Gasteiger partial charge in [-0.25, -0.2) is 0 Å². The molecule has 1 fully saturated rings. The minimum absolute atomic E-state index is 0.0203. The molecule has 1 aromatic carbocycles. The number of ether oxygens (including phenoxy) is 3. The van der Waals surface area contributed by atoms with Crippen LogP contribution in [0.3, 0.4) is 0 Å². The van der Waals surface area contributed by atoms with E-state index in [-0.39, 0.29) is 6.29 Å². The Morgan fingerprint density at radius 2 is 2.00 bits per heavy atom. The average Bonchev–Trinajstić information content (AvgIpc) is 2.37. The van der Waals surface area contributed by atoms with E-state index in [1.165, 1.54) is 6.42 Å². The van der Waals surface area contributed by atoms with Crippen LogP contribution in [0, 0.1) is 0 Å². The van der Waals surface area contributed by atoms with E-state index in [9.17, 15) is 0 Å². The van der Waals surface area contributed by atoms with Crippen molar-refractivity contribution >= 4 is 0 Å². The molecular weight excluding hydrogens is 204 g/mol. The number of rotatable bonds is 5. The molecule has 0 N–H and O–H groups in total. The van der Waals surface area contributed by atoms with Crippen molar-refractivity contribution < 1.29 is 14.2 Å². The highest BCUT2D eigenvalue weighted by molar-refractivity contribution is 5.20. The molecule has 0 aromatic heterocycles. The van der Waals surface area contributed by atoms with E-state index in [4.69, 9.17) is 14.2 Å². The van der Waals surface area contributed by atoms with Crippen LogP contribution in [0.5, 0.6) is 5.75 Å². The van der Waals surface area contributed by atoms with E-state index in [2.05, 4.69) is 0 Å². The van der Waals surface area contributed by atoms with E-state index in [1.54, 1.807) is 0 Å². The van der Waals surface area contributed by atoms with Gasteiger partial charge in [0.2, 0.25) is 0 Å². The molecule has 0 radical (unpaired) electrons. The van der Waals surface area contributed by atoms with Gasteiger partial charge < -0.3 is 14.2 Å². The van der Waals surface area contributed by atoms with Crippen LogP contribution in [-0.2, 0) is 9.47 Å². The smallest absolute Gasteiger partial charge is 0.157 e. The Labute approximate surface area is 96.3 Å². The summed E-state index contributed by atoms with van der Waals surface area (Å²) in [4.78, 5) is 0. The molecule has 16 heavy (non-hydrogen) atoms. The molecular formula is C13H18O3. The van der Waals surface area contributed by atoms with Crippen molar-refractivity contribution in [2.45, 2.75) is 25.6 Å². The molecule has 1 aliphatic heterocycles. The van der Waals surface area contributed by atoms with Crippen molar-refractivity contribution in [2.75, 3.05) is 19.8 Å². The van der Waals surface area contributed by atoms with Gasteiger partial charge in [-0.3, -0.25) is 0 Å². The standard InChI is InChI=1S/C13H18O3/c1-2-6-12(7-3-1)14-10-11-16-13-8-4-5-9-15-13/h1-3,6-7,13H,4-5,8-11H2. The molecule has 3 heteroatoms. The summed E-state index contributed by atoms with van der Waals surface area (Å²) in [6, 6.07) is 9.77. The van der Waals surface area contributed by atoms with Gasteiger partial charge in [-0.2, -0.15) is 0 Å². The summed E-state index contributed by atoms with van der Waals surface area (Å²) >= 11 is 0. The number of hydrogen-bond donors (Lipinski definition) is 0. The summed E-state index contributed by atoms with van der Waals surface area (Å²) in [5, 5.41) is 0. The Bertz CT molecular complexity index is 280. The molecule has 0 bridgehead atoms. The molecule has 1 unspecified atom stereocenters. The highest BCUT2D eigenvalue weighted by Crippen LogP contribution is 2.13. The Balaban J connectivity index is 1.58. The maximum Gasteiger partial charge on any atom is 0.157 e. The quantitative estimate of drug-likeness (QED) is 0.717. The zero-order valence-corrected chi connectivity index (χ0v) is 9.43. The van der Waals surface area contributed by atoms with Crippen molar-refractivity contribution in [2.24, 2.45) is 0 Å². The largest absolute Gasteiger partial charge is 0.491 e. The topological polar surface area (TPSA) is 27.7 Å². The summed E-state index contributed by atoms with van der Waals surface area (Å²) in [7, 11) is 0. The molecule has 0 spiro atoms. The van der Waals surface area contributed by atoms with Crippen LogP contribution in [0.4, 0.5) is 0 Å². The molecule has 3 nitrogen and oxygen atoms in total. The van der Waals surface area contributed by atoms with Crippen molar-refractivity contribution in [1.82, 2.24) is 0 Å². The van der Waals surface area contributed by atoms with Crippen molar-refractivity contribution in [3.63, 3.8) is 0 Å². The fraction of sp³-hybridized carbons (Fsp3) is 0.538. The molecule has 0 amide bonds. The van der Waals surface area contributed by atoms with Crippen molar-refractivity contribution in [3.05, 3.63) is 30.3 Å². The maximum absolute atomic E-state index is 5.56. The molecule has 0 saturated carbocycles. The maximum atomic E-state index is 5.56. The van der Waals surface area contributed by atoms with E-state index in [1.807, 2.05) is 30.3 Å². The Morgan fingerprint density at radius 3 is 2.75 bits per heavy atom. The molecule has 2 rings (SSSR count). The van der Waals surface area contributed by atoms with Gasteiger partial charge >= 0.3 is 0 Å². The average molecular weight is 222 g/mol. The first kappa shape index (κ1) is 11.4. The van der Waals surface area contributed by atoms with Gasteiger partial charge in [-0.1, -0.05) is 18.2 Å². The second-order valence-electron chi connectivity index (χ2n) is 3.83. The second kappa shape index (κ2) is 6.51. The van der Waals surface area contributed by atoms with Gasteiger partial charge in [0, 0.05) is 6.61 Å². The highest BCUT2D eigenvalue weighted by atomic mass is 16.7. The predicted octanol–water partition coefficient (Wildman–Crippen LogP) is 2.61. The zero-order chi connectivity index (χ0) is 11.1. The van der Waals surface area contributed by atoms with Crippen LogP contribution in [0.2, 0.25) is 0 Å². The predicted molar refractivity (Wildman–Crippen MR) is 61.5 cm³/mol. The summed E-state index contributed by atoms with van der Waals surface area (Å²) in [6.07, 6.45) is 3.34. The summed E-state index contributed by atoms with van der Waals surface area (Å²) in [5.41, 5.74) is 0. The fourth-order valence-electron chi connectivity index (χ4n) is 1.70. The summed E-state index contributed by atoms with van der Waals surface area (Å²) in [5.74, 6) is 0.885. The minimum Gasteiger partial charge on any atom is -0.491 e. The van der Waals surface area contributed by atoms with E-state index in [0.29, 0.717) is 13.2 Å². The van der Waals surface area contributed by atoms with E-state index in [0.717, 1.165) is 25.2 Å². The molecule has 1 saturated heterocycles. The third kappa shape index (κ3) is 3.83. The number of benzene rings is 1. The molecule has 1 atom stereocenters. The van der Waals surface area contributed by atoms with Gasteiger partial charge in [-0.15, -0.1) is 0 Å². The lowest BCUT2D eigenvalue weighted by Crippen LogP contribution is -2.24. The van der Waals surface area contributed by atoms with Crippen LogP contribution in [0.15, 0.2) is 30.3 Å². The number of hydrogen-bond acceptors (Lipinski definition) is 3. The Hall–Kier alpha value is -1.06. The van der Waals surface area contributed by atoms with Crippen LogP contribution < -0.4 is 4.74 Å². The van der Waals surface area contributed by atoms with Crippen LogP contribution in [-0.4, -0.2) is 26.1 Å². The molecule has 1 aliphatic rings. The normalized spacial score (nSPS) is 20.6. The molecule has 0 aliphatic carbocycles. The first-order valence-electron chi connectivity index (χ1n) is 5.86. The van der Waals surface area contributed by atoms with Gasteiger partial charge in [-0.05, 0) is 31.4 Å². The lowest BCUT2D eigenvalue weighted by molar-refractivity contribution is -0.165. The lowest BCUT2D eigenvalue weighted by atomic mass is 10.2. The van der Waals surface area contributed by atoms with E-state index >= 15 is 0 Å². The lowest BCUT2D eigenvalue weighted by Gasteiger charge is -2.22. The highest BCUT2D eigenvalue weighted by Gasteiger charge is 2.13. The third-order valence-corrected chi connectivity index (χ3v) is 2.54. The molecule has 1 aromatic rings. The summed E-state index contributed by atoms with van der Waals surface area (Å²) in [6.45, 7) is 1.98. The van der Waals surface area contributed by atoms with Crippen LogP contribution in [0.1, 0.15) is 19.3 Å². The third-order valence-electron chi connectivity index (χ3n) is 2.54. The summed E-state index contributed by atoms with van der Waals surface area (Å²) < 4.78 is 16.5. The molecule has 1 heterocycles. The van der Waals surface area contributed by atoms with Gasteiger partial charge in [0.1, 0.15) is 12.4 Å². The Morgan fingerprint density at radius 1 is 1.12 bits per heavy atom. The van der Waals surface area contributed by atoms with Gasteiger partial charge in [0.15, 0.2) is 6.29 Å². The van der Waals surface area contributed by atoms with Crippen LogP contribution in [0.25, 0.3) is 0 Å². The van der Waals surface area contributed by atoms with Crippen molar-refractivity contribution in [3.8, 4) is 5.75 Å². The van der Waals surface area contributed by atoms with E-state index < -0.39 is 0 Å². The second-order valence-corrected chi connectivity index (χ2v) is 3.83. The Kier molecular flexibility index (Phi) is 4.65. The monoisotopic (exact) mass is 222 g/mol.